The van der Waals surface area contributed by atoms with Crippen molar-refractivity contribution in [2.24, 2.45) is 0 Å². The Hall–Kier alpha value is -2.27. The molecular formula is C22H28GdN3O11. The minimum Gasteiger partial charge on any atom is -0.549 e. The molecule has 1 aromatic carbocycles. The Bertz CT molecular complexity index is 883. The second-order valence-electron chi connectivity index (χ2n) is 7.78. The van der Waals surface area contributed by atoms with Crippen LogP contribution in [-0.2, 0) is 35.3 Å². The summed E-state index contributed by atoms with van der Waals surface area (Å²) in [7, 11) is 0. The van der Waals surface area contributed by atoms with E-state index in [9.17, 15) is 49.5 Å². The Labute approximate surface area is 248 Å². The van der Waals surface area contributed by atoms with Gasteiger partial charge < -0.3 is 54.2 Å². The van der Waals surface area contributed by atoms with Gasteiger partial charge in [-0.25, -0.2) is 0 Å². The smallest absolute Gasteiger partial charge is 0.549 e. The van der Waals surface area contributed by atoms with E-state index in [4.69, 9.17) is 4.74 Å². The average molecular weight is 668 g/mol. The molecule has 205 valence electrons. The van der Waals surface area contributed by atoms with Crippen LogP contribution in [0.2, 0.25) is 0 Å². The molecule has 0 amide bonds. The molecule has 1 atom stereocenters. The Balaban J connectivity index is -0.00000432. The van der Waals surface area contributed by atoms with Gasteiger partial charge in [0.25, 0.3) is 0 Å². The summed E-state index contributed by atoms with van der Waals surface area (Å²) < 4.78 is 5.41. The van der Waals surface area contributed by atoms with Gasteiger partial charge >= 0.3 is 42.8 Å². The number of carbonyl (C=O) groups is 5. The number of carbonyl (C=O) groups excluding carboxylic acids is 5. The van der Waals surface area contributed by atoms with E-state index in [0.29, 0.717) is 0 Å². The molecule has 0 fully saturated rings. The maximum absolute atomic E-state index is 11.7. The summed E-state index contributed by atoms with van der Waals surface area (Å²) in [5, 5.41) is 55.7. The molecule has 37 heavy (non-hydrogen) atoms. The average Bonchev–Trinajstić information content (AvgIpc) is 2.76. The number of carboxylic acid groups (broad SMARTS) is 5. The van der Waals surface area contributed by atoms with Crippen LogP contribution >= 0.6 is 0 Å². The fourth-order valence-corrected chi connectivity index (χ4v) is 3.28. The van der Waals surface area contributed by atoms with Crippen molar-refractivity contribution in [3.63, 3.8) is 0 Å². The standard InChI is InChI=1S/C22H31N3O11.Gd/c26-18(27)10-23(6-7-24(11-19(28)29)12-20(30)31)8-9-25(13-21(32)33)17(22(34)35)15-36-14-16-4-2-1-3-5-16;/h1-5,17H,6-15H2,(H,26,27)(H,28,29)(H,30,31)(H,32,33)(H,34,35);/q;+3/p-3. The number of benzene rings is 1. The third-order valence-corrected chi connectivity index (χ3v) is 4.93. The fraction of sp³-hybridized carbons (Fsp3) is 0.500. The summed E-state index contributed by atoms with van der Waals surface area (Å²) in [6, 6.07) is 7.27. The van der Waals surface area contributed by atoms with Crippen LogP contribution in [0, 0.1) is 39.9 Å². The maximum atomic E-state index is 11.7. The molecule has 0 aromatic heterocycles. The van der Waals surface area contributed by atoms with Crippen molar-refractivity contribution >= 4 is 29.8 Å². The summed E-state index contributed by atoms with van der Waals surface area (Å²) in [5.74, 6) is -7.85. The number of nitrogens with zero attached hydrogens (tertiary/aromatic N) is 3. The van der Waals surface area contributed by atoms with E-state index < -0.39 is 68.7 Å². The zero-order chi connectivity index (χ0) is 27.1. The van der Waals surface area contributed by atoms with Gasteiger partial charge in [-0.05, 0) is 5.56 Å². The van der Waals surface area contributed by atoms with Crippen molar-refractivity contribution in [1.29, 1.82) is 0 Å². The molecule has 14 nitrogen and oxygen atoms in total. The minimum atomic E-state index is -1.62. The van der Waals surface area contributed by atoms with E-state index >= 15 is 0 Å². The van der Waals surface area contributed by atoms with Crippen molar-refractivity contribution in [3.05, 3.63) is 35.9 Å². The van der Waals surface area contributed by atoms with Gasteiger partial charge in [0.2, 0.25) is 0 Å². The number of hydrogen-bond donors (Lipinski definition) is 0. The van der Waals surface area contributed by atoms with Crippen LogP contribution in [0.5, 0.6) is 0 Å². The zero-order valence-corrected chi connectivity index (χ0v) is 22.0. The monoisotopic (exact) mass is 668 g/mol. The van der Waals surface area contributed by atoms with Crippen LogP contribution in [0.3, 0.4) is 0 Å². The Morgan fingerprint density at radius 1 is 0.703 bits per heavy atom. The number of ether oxygens (including phenoxy) is 1. The summed E-state index contributed by atoms with van der Waals surface area (Å²) >= 11 is 0. The summed E-state index contributed by atoms with van der Waals surface area (Å²) in [5.41, 5.74) is 0.749. The minimum absolute atomic E-state index is 0. The van der Waals surface area contributed by atoms with Gasteiger partial charge in [-0.3, -0.25) is 14.7 Å². The molecule has 0 aliphatic carbocycles. The van der Waals surface area contributed by atoms with Crippen LogP contribution in [0.15, 0.2) is 30.3 Å². The van der Waals surface area contributed by atoms with Crippen molar-refractivity contribution in [2.45, 2.75) is 12.6 Å². The number of rotatable bonds is 20. The Morgan fingerprint density at radius 2 is 1.16 bits per heavy atom. The normalized spacial score (nSPS) is 11.8. The van der Waals surface area contributed by atoms with Gasteiger partial charge in [-0.15, -0.1) is 0 Å². The summed E-state index contributed by atoms with van der Waals surface area (Å²) in [6.07, 6.45) is 0. The predicted molar refractivity (Wildman–Crippen MR) is 112 cm³/mol. The fourth-order valence-electron chi connectivity index (χ4n) is 3.28. The number of hydrogen-bond acceptors (Lipinski definition) is 14. The summed E-state index contributed by atoms with van der Waals surface area (Å²) in [6.45, 7) is -4.27. The Kier molecular flexibility index (Phi) is 17.7. The van der Waals surface area contributed by atoms with Gasteiger partial charge in [-0.1, -0.05) is 30.3 Å². The molecule has 0 spiro atoms. The van der Waals surface area contributed by atoms with Crippen molar-refractivity contribution in [1.82, 2.24) is 14.7 Å². The molecule has 0 heterocycles. The molecule has 1 rings (SSSR count). The third-order valence-electron chi connectivity index (χ3n) is 4.93. The second-order valence-corrected chi connectivity index (χ2v) is 7.78. The summed E-state index contributed by atoms with van der Waals surface area (Å²) in [4.78, 5) is 58.8. The van der Waals surface area contributed by atoms with E-state index in [2.05, 4.69) is 0 Å². The first-order chi connectivity index (χ1) is 17.0. The topological polar surface area (TPSA) is 220 Å². The third kappa shape index (κ3) is 16.2. The Morgan fingerprint density at radius 3 is 1.65 bits per heavy atom. The van der Waals surface area contributed by atoms with E-state index in [0.717, 1.165) is 15.4 Å². The molecule has 0 N–H and O–H groups in total. The molecule has 0 aliphatic heterocycles. The van der Waals surface area contributed by atoms with Gasteiger partial charge in [0, 0.05) is 52.4 Å². The van der Waals surface area contributed by atoms with Crippen LogP contribution in [-0.4, -0.2) is 110 Å². The van der Waals surface area contributed by atoms with Gasteiger partial charge in [0.1, 0.15) is 0 Å². The second kappa shape index (κ2) is 18.9. The molecule has 1 radical (unpaired) electrons. The van der Waals surface area contributed by atoms with E-state index in [1.807, 2.05) is 0 Å². The first-order valence-electron chi connectivity index (χ1n) is 10.8. The quantitative estimate of drug-likeness (QED) is 0.126. The van der Waals surface area contributed by atoms with E-state index in [1.165, 1.54) is 4.90 Å². The van der Waals surface area contributed by atoms with Gasteiger partial charge in [0.05, 0.1) is 49.1 Å². The largest absolute Gasteiger partial charge is 3.00 e. The van der Waals surface area contributed by atoms with Crippen molar-refractivity contribution in [3.8, 4) is 0 Å². The van der Waals surface area contributed by atoms with Gasteiger partial charge in [0.15, 0.2) is 0 Å². The van der Waals surface area contributed by atoms with Crippen LogP contribution < -0.4 is 25.5 Å². The molecule has 0 aliphatic rings. The SMILES string of the molecule is O=C([O-])CN(CCN(CC(=O)[O-])CC(=O)[O-])CCN(CC(=O)[O-])C(COCc1ccccc1)C(=O)[O-].[Gd+3].[H+].[H+]. The zero-order valence-electron chi connectivity index (χ0n) is 21.7. The first kappa shape index (κ1) is 34.7. The maximum Gasteiger partial charge on any atom is 3.00 e. The van der Waals surface area contributed by atoms with Crippen LogP contribution in [0.1, 0.15) is 8.42 Å². The molecule has 1 aromatic rings. The predicted octanol–water partition coefficient (Wildman–Crippen LogP) is -7.55. The van der Waals surface area contributed by atoms with Crippen LogP contribution in [0.25, 0.3) is 0 Å². The number of aliphatic carboxylic acids is 5. The van der Waals surface area contributed by atoms with E-state index in [1.54, 1.807) is 30.3 Å². The molecule has 15 heteroatoms. The molecule has 1 unspecified atom stereocenters. The number of carboxylic acids is 5. The molecule has 0 bridgehead atoms. The van der Waals surface area contributed by atoms with Gasteiger partial charge in [-0.2, -0.15) is 0 Å². The molecule has 0 saturated carbocycles. The molecular weight excluding hydrogens is 640 g/mol. The molecule has 0 saturated heterocycles. The van der Waals surface area contributed by atoms with Crippen molar-refractivity contribution < 1.29 is 97.0 Å². The van der Waals surface area contributed by atoms with Crippen LogP contribution in [0.4, 0.5) is 0 Å². The first-order valence-corrected chi connectivity index (χ1v) is 10.8. The van der Waals surface area contributed by atoms with E-state index in [-0.39, 0.29) is 75.6 Å². The van der Waals surface area contributed by atoms with Crippen molar-refractivity contribution in [2.75, 3.05) is 59.0 Å².